The molecule has 1 atom stereocenters. The van der Waals surface area contributed by atoms with Gasteiger partial charge in [-0.05, 0) is 24.3 Å². The van der Waals surface area contributed by atoms with E-state index in [0.29, 0.717) is 23.5 Å². The number of nitrogens with one attached hydrogen (secondary N) is 1. The molecule has 5 heteroatoms. The number of benzene rings is 2. The molecular weight excluding hydrogens is 268 g/mol. The number of nitrogens with two attached hydrogens (primary N) is 1. The smallest absolute Gasteiger partial charge is 0.340 e. The molecule has 108 valence electrons. The van der Waals surface area contributed by atoms with Crippen molar-refractivity contribution in [2.45, 2.75) is 6.04 Å². The molecule has 0 aromatic heterocycles. The van der Waals surface area contributed by atoms with E-state index in [-0.39, 0.29) is 6.04 Å². The summed E-state index contributed by atoms with van der Waals surface area (Å²) in [5.41, 5.74) is 8.44. The largest absolute Gasteiger partial charge is 0.491 e. The van der Waals surface area contributed by atoms with E-state index in [1.54, 1.807) is 18.2 Å². The Kier molecular flexibility index (Phi) is 3.39. The Balaban J connectivity index is 1.91. The van der Waals surface area contributed by atoms with Crippen LogP contribution in [0.4, 0.5) is 11.4 Å². The standard InChI is InChI=1S/C16H16N2O3/c1-20-16(19)12-8-10(17)6-7-13(12)18-14-9-21-15-5-3-2-4-11(14)15/h2-8,14,18H,9,17H2,1H3. The molecule has 0 fully saturated rings. The van der Waals surface area contributed by atoms with Crippen molar-refractivity contribution in [2.24, 2.45) is 0 Å². The highest BCUT2D eigenvalue weighted by Gasteiger charge is 2.25. The van der Waals surface area contributed by atoms with Gasteiger partial charge in [0.2, 0.25) is 0 Å². The van der Waals surface area contributed by atoms with Crippen LogP contribution < -0.4 is 15.8 Å². The van der Waals surface area contributed by atoms with Crippen molar-refractivity contribution in [3.8, 4) is 5.75 Å². The molecule has 3 rings (SSSR count). The van der Waals surface area contributed by atoms with Gasteiger partial charge in [-0.2, -0.15) is 0 Å². The highest BCUT2D eigenvalue weighted by molar-refractivity contribution is 5.96. The van der Waals surface area contributed by atoms with E-state index in [4.69, 9.17) is 15.2 Å². The highest BCUT2D eigenvalue weighted by Crippen LogP contribution is 2.35. The lowest BCUT2D eigenvalue weighted by Gasteiger charge is -2.16. The van der Waals surface area contributed by atoms with Crippen LogP contribution in [0.5, 0.6) is 5.75 Å². The summed E-state index contributed by atoms with van der Waals surface area (Å²) in [6, 6.07) is 13.0. The number of methoxy groups -OCH3 is 1. The molecule has 21 heavy (non-hydrogen) atoms. The third-order valence-corrected chi connectivity index (χ3v) is 3.48. The fourth-order valence-electron chi connectivity index (χ4n) is 2.44. The first-order valence-corrected chi connectivity index (χ1v) is 6.65. The van der Waals surface area contributed by atoms with Crippen LogP contribution in [0.3, 0.4) is 0 Å². The van der Waals surface area contributed by atoms with Gasteiger partial charge in [-0.25, -0.2) is 4.79 Å². The lowest BCUT2D eigenvalue weighted by molar-refractivity contribution is 0.0602. The Morgan fingerprint density at radius 3 is 2.95 bits per heavy atom. The van der Waals surface area contributed by atoms with E-state index in [2.05, 4.69) is 5.32 Å². The molecule has 1 aliphatic rings. The van der Waals surface area contributed by atoms with Gasteiger partial charge in [0, 0.05) is 16.9 Å². The first-order chi connectivity index (χ1) is 10.2. The molecule has 0 amide bonds. The third-order valence-electron chi connectivity index (χ3n) is 3.48. The van der Waals surface area contributed by atoms with Crippen LogP contribution in [0.1, 0.15) is 22.0 Å². The van der Waals surface area contributed by atoms with E-state index in [9.17, 15) is 4.79 Å². The van der Waals surface area contributed by atoms with E-state index < -0.39 is 5.97 Å². The van der Waals surface area contributed by atoms with Gasteiger partial charge >= 0.3 is 5.97 Å². The number of para-hydroxylation sites is 1. The summed E-state index contributed by atoms with van der Waals surface area (Å²) in [4.78, 5) is 11.9. The van der Waals surface area contributed by atoms with E-state index in [1.807, 2.05) is 24.3 Å². The van der Waals surface area contributed by atoms with Crippen molar-refractivity contribution < 1.29 is 14.3 Å². The summed E-state index contributed by atoms with van der Waals surface area (Å²) in [7, 11) is 1.35. The molecule has 1 heterocycles. The van der Waals surface area contributed by atoms with Gasteiger partial charge in [-0.1, -0.05) is 18.2 Å². The molecule has 0 bridgehead atoms. The number of nitrogen functional groups attached to an aromatic ring is 1. The number of hydrogen-bond donors (Lipinski definition) is 2. The summed E-state index contributed by atoms with van der Waals surface area (Å²) in [6.45, 7) is 0.518. The normalized spacial score (nSPS) is 16.0. The summed E-state index contributed by atoms with van der Waals surface area (Å²) >= 11 is 0. The van der Waals surface area contributed by atoms with Gasteiger partial charge in [-0.15, -0.1) is 0 Å². The molecule has 0 saturated carbocycles. The Hall–Kier alpha value is -2.69. The number of anilines is 2. The van der Waals surface area contributed by atoms with E-state index >= 15 is 0 Å². The van der Waals surface area contributed by atoms with Crippen LogP contribution in [0.15, 0.2) is 42.5 Å². The minimum Gasteiger partial charge on any atom is -0.491 e. The quantitative estimate of drug-likeness (QED) is 0.669. The molecule has 5 nitrogen and oxygen atoms in total. The maximum absolute atomic E-state index is 11.9. The molecule has 0 radical (unpaired) electrons. The predicted octanol–water partition coefficient (Wildman–Crippen LogP) is 2.60. The van der Waals surface area contributed by atoms with Crippen molar-refractivity contribution in [1.82, 2.24) is 0 Å². The van der Waals surface area contributed by atoms with Crippen molar-refractivity contribution in [1.29, 1.82) is 0 Å². The second-order valence-electron chi connectivity index (χ2n) is 4.84. The molecule has 1 unspecified atom stereocenters. The minimum atomic E-state index is -0.419. The average Bonchev–Trinajstić information content (AvgIpc) is 2.91. The predicted molar refractivity (Wildman–Crippen MR) is 80.5 cm³/mol. The highest BCUT2D eigenvalue weighted by atomic mass is 16.5. The fourth-order valence-corrected chi connectivity index (χ4v) is 2.44. The topological polar surface area (TPSA) is 73.6 Å². The Morgan fingerprint density at radius 1 is 1.33 bits per heavy atom. The Bertz CT molecular complexity index is 685. The monoisotopic (exact) mass is 284 g/mol. The number of carbonyl (C=O) groups excluding carboxylic acids is 1. The van der Waals surface area contributed by atoms with Crippen molar-refractivity contribution >= 4 is 17.3 Å². The zero-order valence-corrected chi connectivity index (χ0v) is 11.6. The molecule has 1 aliphatic heterocycles. The average molecular weight is 284 g/mol. The second-order valence-corrected chi connectivity index (χ2v) is 4.84. The summed E-state index contributed by atoms with van der Waals surface area (Å²) < 4.78 is 10.4. The summed E-state index contributed by atoms with van der Waals surface area (Å²) in [6.07, 6.45) is 0. The number of rotatable bonds is 3. The molecule has 2 aromatic carbocycles. The van der Waals surface area contributed by atoms with Gasteiger partial charge in [-0.3, -0.25) is 0 Å². The summed E-state index contributed by atoms with van der Waals surface area (Å²) in [5.74, 6) is 0.446. The van der Waals surface area contributed by atoms with E-state index in [0.717, 1.165) is 11.3 Å². The van der Waals surface area contributed by atoms with Crippen LogP contribution in [0, 0.1) is 0 Å². The van der Waals surface area contributed by atoms with Crippen LogP contribution in [-0.4, -0.2) is 19.7 Å². The molecule has 0 spiro atoms. The maximum Gasteiger partial charge on any atom is 0.340 e. The van der Waals surface area contributed by atoms with Crippen molar-refractivity contribution in [3.05, 3.63) is 53.6 Å². The van der Waals surface area contributed by atoms with Crippen LogP contribution in [-0.2, 0) is 4.74 Å². The molecule has 3 N–H and O–H groups in total. The van der Waals surface area contributed by atoms with Crippen molar-refractivity contribution in [3.63, 3.8) is 0 Å². The first-order valence-electron chi connectivity index (χ1n) is 6.65. The molecule has 2 aromatic rings. The molecule has 0 saturated heterocycles. The SMILES string of the molecule is COC(=O)c1cc(N)ccc1NC1COc2ccccc21. The van der Waals surface area contributed by atoms with Crippen LogP contribution in [0.2, 0.25) is 0 Å². The van der Waals surface area contributed by atoms with Gasteiger partial charge in [0.1, 0.15) is 12.4 Å². The number of fused-ring (bicyclic) bond motifs is 1. The first kappa shape index (κ1) is 13.3. The van der Waals surface area contributed by atoms with Gasteiger partial charge in [0.05, 0.1) is 18.7 Å². The zero-order chi connectivity index (χ0) is 14.8. The fraction of sp³-hybridized carbons (Fsp3) is 0.188. The lowest BCUT2D eigenvalue weighted by atomic mass is 10.1. The molecule has 0 aliphatic carbocycles. The Labute approximate surface area is 122 Å². The van der Waals surface area contributed by atoms with Crippen LogP contribution in [0.25, 0.3) is 0 Å². The molecular formula is C16H16N2O3. The summed E-state index contributed by atoms with van der Waals surface area (Å²) in [5, 5.41) is 3.33. The minimum absolute atomic E-state index is 0.00627. The third kappa shape index (κ3) is 2.50. The van der Waals surface area contributed by atoms with Gasteiger partial charge < -0.3 is 20.5 Å². The number of hydrogen-bond acceptors (Lipinski definition) is 5. The number of carbonyl (C=O) groups is 1. The lowest BCUT2D eigenvalue weighted by Crippen LogP contribution is -2.15. The zero-order valence-electron chi connectivity index (χ0n) is 11.6. The van der Waals surface area contributed by atoms with Gasteiger partial charge in [0.25, 0.3) is 0 Å². The van der Waals surface area contributed by atoms with Crippen LogP contribution >= 0.6 is 0 Å². The van der Waals surface area contributed by atoms with E-state index in [1.165, 1.54) is 7.11 Å². The second kappa shape index (κ2) is 5.36. The Morgan fingerprint density at radius 2 is 2.14 bits per heavy atom. The number of ether oxygens (including phenoxy) is 2. The van der Waals surface area contributed by atoms with Gasteiger partial charge in [0.15, 0.2) is 0 Å². The maximum atomic E-state index is 11.9. The number of esters is 1. The van der Waals surface area contributed by atoms with Crippen molar-refractivity contribution in [2.75, 3.05) is 24.8 Å².